The maximum absolute atomic E-state index is 5.65. The normalized spacial score (nSPS) is 19.3. The Kier molecular flexibility index (Phi) is 5.54. The van der Waals surface area contributed by atoms with Gasteiger partial charge in [-0.2, -0.15) is 0 Å². The number of benzene rings is 1. The van der Waals surface area contributed by atoms with Crippen molar-refractivity contribution in [3.63, 3.8) is 0 Å². The second-order valence-corrected chi connectivity index (χ2v) is 5.91. The van der Waals surface area contributed by atoms with Crippen molar-refractivity contribution in [2.75, 3.05) is 18.9 Å². The van der Waals surface area contributed by atoms with Crippen molar-refractivity contribution in [2.24, 2.45) is 0 Å². The molecule has 1 aromatic carbocycles. The molecule has 1 saturated heterocycles. The Morgan fingerprint density at radius 2 is 2.33 bits per heavy atom. The van der Waals surface area contributed by atoms with Gasteiger partial charge >= 0.3 is 0 Å². The van der Waals surface area contributed by atoms with E-state index in [1.54, 1.807) is 0 Å². The minimum Gasteiger partial charge on any atom is -0.377 e. The summed E-state index contributed by atoms with van der Waals surface area (Å²) in [7, 11) is 0. The Balaban J connectivity index is 1.87. The molecule has 1 unspecified atom stereocenters. The molecule has 2 nitrogen and oxygen atoms in total. The molecule has 1 aliphatic heterocycles. The Bertz CT molecular complexity index is 375. The zero-order chi connectivity index (χ0) is 12.8. The van der Waals surface area contributed by atoms with Gasteiger partial charge in [0.05, 0.1) is 6.10 Å². The lowest BCUT2D eigenvalue weighted by Gasteiger charge is -2.11. The fraction of sp³-hybridized carbons (Fsp3) is 0.600. The maximum atomic E-state index is 5.65. The van der Waals surface area contributed by atoms with Gasteiger partial charge < -0.3 is 10.1 Å². The fourth-order valence-corrected chi connectivity index (χ4v) is 3.25. The zero-order valence-electron chi connectivity index (χ0n) is 11.4. The molecule has 100 valence electrons. The van der Waals surface area contributed by atoms with Crippen LogP contribution in [0.2, 0.25) is 0 Å². The van der Waals surface area contributed by atoms with Gasteiger partial charge in [-0.1, -0.05) is 13.0 Å². The summed E-state index contributed by atoms with van der Waals surface area (Å²) in [6, 6.07) is 6.78. The summed E-state index contributed by atoms with van der Waals surface area (Å²) in [6.07, 6.45) is 2.92. The highest BCUT2D eigenvalue weighted by atomic mass is 32.2. The molecule has 1 atom stereocenters. The van der Waals surface area contributed by atoms with Gasteiger partial charge in [-0.3, -0.25) is 0 Å². The molecule has 1 aliphatic rings. The number of hydrogen-bond donors (Lipinski definition) is 1. The predicted molar refractivity (Wildman–Crippen MR) is 78.3 cm³/mol. The second-order valence-electron chi connectivity index (χ2n) is 4.81. The van der Waals surface area contributed by atoms with Crippen LogP contribution in [0.4, 0.5) is 0 Å². The van der Waals surface area contributed by atoms with Crippen LogP contribution in [-0.2, 0) is 11.3 Å². The Labute approximate surface area is 114 Å². The molecule has 0 aliphatic carbocycles. The lowest BCUT2D eigenvalue weighted by Crippen LogP contribution is -2.12. The summed E-state index contributed by atoms with van der Waals surface area (Å²) in [5.74, 6) is 1.09. The van der Waals surface area contributed by atoms with Crippen LogP contribution in [0.5, 0.6) is 0 Å². The molecule has 1 N–H and O–H groups in total. The first-order chi connectivity index (χ1) is 8.79. The quantitative estimate of drug-likeness (QED) is 0.797. The van der Waals surface area contributed by atoms with E-state index in [4.69, 9.17) is 4.74 Å². The monoisotopic (exact) mass is 265 g/mol. The molecule has 0 radical (unpaired) electrons. The van der Waals surface area contributed by atoms with Crippen LogP contribution in [0.1, 0.15) is 30.9 Å². The number of aryl methyl sites for hydroxylation is 1. The number of ether oxygens (including phenoxy) is 1. The lowest BCUT2D eigenvalue weighted by molar-refractivity contribution is 0.129. The van der Waals surface area contributed by atoms with Crippen LogP contribution in [0, 0.1) is 6.92 Å². The van der Waals surface area contributed by atoms with Crippen LogP contribution in [0.15, 0.2) is 23.1 Å². The van der Waals surface area contributed by atoms with Crippen LogP contribution in [0.25, 0.3) is 0 Å². The highest BCUT2D eigenvalue weighted by Crippen LogP contribution is 2.25. The van der Waals surface area contributed by atoms with Gasteiger partial charge in [0.25, 0.3) is 0 Å². The number of hydrogen-bond acceptors (Lipinski definition) is 3. The minimum absolute atomic E-state index is 0.469. The third-order valence-electron chi connectivity index (χ3n) is 3.34. The van der Waals surface area contributed by atoms with E-state index in [0.717, 1.165) is 25.4 Å². The Morgan fingerprint density at radius 1 is 1.44 bits per heavy atom. The molecule has 0 bridgehead atoms. The van der Waals surface area contributed by atoms with E-state index >= 15 is 0 Å². The molecule has 0 saturated carbocycles. The SMILES string of the molecule is CCNCc1ccc(SCC2CCCO2)cc1C. The molecular weight excluding hydrogens is 242 g/mol. The highest BCUT2D eigenvalue weighted by molar-refractivity contribution is 7.99. The lowest BCUT2D eigenvalue weighted by atomic mass is 10.1. The van der Waals surface area contributed by atoms with Crippen molar-refractivity contribution in [1.82, 2.24) is 5.32 Å². The molecule has 1 fully saturated rings. The van der Waals surface area contributed by atoms with Crippen molar-refractivity contribution in [3.05, 3.63) is 29.3 Å². The van der Waals surface area contributed by atoms with Crippen molar-refractivity contribution in [2.45, 2.75) is 44.2 Å². The van der Waals surface area contributed by atoms with Gasteiger partial charge in [0.1, 0.15) is 0 Å². The van der Waals surface area contributed by atoms with Gasteiger partial charge in [0.2, 0.25) is 0 Å². The second kappa shape index (κ2) is 7.17. The Morgan fingerprint density at radius 3 is 3.00 bits per heavy atom. The summed E-state index contributed by atoms with van der Waals surface area (Å²) in [5, 5.41) is 3.37. The van der Waals surface area contributed by atoms with Crippen molar-refractivity contribution < 1.29 is 4.74 Å². The molecule has 2 rings (SSSR count). The van der Waals surface area contributed by atoms with E-state index in [0.29, 0.717) is 6.10 Å². The molecule has 1 aromatic rings. The van der Waals surface area contributed by atoms with E-state index < -0.39 is 0 Å². The molecule has 0 spiro atoms. The minimum atomic E-state index is 0.469. The highest BCUT2D eigenvalue weighted by Gasteiger charge is 2.15. The largest absolute Gasteiger partial charge is 0.377 e. The predicted octanol–water partition coefficient (Wildman–Crippen LogP) is 3.38. The van der Waals surface area contributed by atoms with Crippen LogP contribution < -0.4 is 5.32 Å². The van der Waals surface area contributed by atoms with Crippen LogP contribution >= 0.6 is 11.8 Å². The van der Waals surface area contributed by atoms with Gasteiger partial charge in [0, 0.05) is 23.8 Å². The summed E-state index contributed by atoms with van der Waals surface area (Å²) < 4.78 is 5.65. The van der Waals surface area contributed by atoms with E-state index in [2.05, 4.69) is 37.4 Å². The molecule has 0 amide bonds. The third-order valence-corrected chi connectivity index (χ3v) is 4.47. The average molecular weight is 265 g/mol. The summed E-state index contributed by atoms with van der Waals surface area (Å²) in [4.78, 5) is 1.36. The van der Waals surface area contributed by atoms with E-state index in [1.807, 2.05) is 11.8 Å². The third kappa shape index (κ3) is 4.01. The first-order valence-electron chi connectivity index (χ1n) is 6.84. The maximum Gasteiger partial charge on any atom is 0.0669 e. The van der Waals surface area contributed by atoms with Gasteiger partial charge in [-0.25, -0.2) is 0 Å². The zero-order valence-corrected chi connectivity index (χ0v) is 12.2. The molecule has 0 aromatic heterocycles. The van der Waals surface area contributed by atoms with Gasteiger partial charge in [-0.15, -0.1) is 11.8 Å². The van der Waals surface area contributed by atoms with Crippen molar-refractivity contribution in [3.8, 4) is 0 Å². The molecular formula is C15H23NOS. The summed E-state index contributed by atoms with van der Waals surface area (Å²) in [5.41, 5.74) is 2.78. The van der Waals surface area contributed by atoms with Crippen LogP contribution in [0.3, 0.4) is 0 Å². The first-order valence-corrected chi connectivity index (χ1v) is 7.83. The average Bonchev–Trinajstić information content (AvgIpc) is 2.88. The number of thioether (sulfide) groups is 1. The van der Waals surface area contributed by atoms with Crippen molar-refractivity contribution in [1.29, 1.82) is 0 Å². The van der Waals surface area contributed by atoms with E-state index in [1.165, 1.54) is 28.9 Å². The van der Waals surface area contributed by atoms with Gasteiger partial charge in [0.15, 0.2) is 0 Å². The number of rotatable bonds is 6. The van der Waals surface area contributed by atoms with Gasteiger partial charge in [-0.05, 0) is 49.6 Å². The van der Waals surface area contributed by atoms with E-state index in [-0.39, 0.29) is 0 Å². The Hall–Kier alpha value is -0.510. The fourth-order valence-electron chi connectivity index (χ4n) is 2.18. The topological polar surface area (TPSA) is 21.3 Å². The van der Waals surface area contributed by atoms with Crippen molar-refractivity contribution >= 4 is 11.8 Å². The van der Waals surface area contributed by atoms with Crippen LogP contribution in [-0.4, -0.2) is 25.0 Å². The van der Waals surface area contributed by atoms with E-state index in [9.17, 15) is 0 Å². The smallest absolute Gasteiger partial charge is 0.0669 e. The molecule has 3 heteroatoms. The summed E-state index contributed by atoms with van der Waals surface area (Å²) in [6.45, 7) is 7.28. The summed E-state index contributed by atoms with van der Waals surface area (Å²) >= 11 is 1.92. The molecule has 1 heterocycles. The first kappa shape index (κ1) is 13.9. The standard InChI is InChI=1S/C15H23NOS/c1-3-16-10-13-6-7-15(9-12(13)2)18-11-14-5-4-8-17-14/h6-7,9,14,16H,3-5,8,10-11H2,1-2H3. The molecule has 18 heavy (non-hydrogen) atoms. The number of nitrogens with one attached hydrogen (secondary N) is 1.